The molecule has 0 radical (unpaired) electrons. The summed E-state index contributed by atoms with van der Waals surface area (Å²) < 4.78 is 242. The molecule has 2 saturated heterocycles. The van der Waals surface area contributed by atoms with Gasteiger partial charge < -0.3 is 28.4 Å². The molecule has 2 heterocycles. The summed E-state index contributed by atoms with van der Waals surface area (Å²) in [5.74, 6) is -47.3. The van der Waals surface area contributed by atoms with Crippen LogP contribution in [-0.4, -0.2) is 43.1 Å². The van der Waals surface area contributed by atoms with Crippen LogP contribution in [-0.2, 0) is 14.2 Å². The van der Waals surface area contributed by atoms with Crippen molar-refractivity contribution in [3.8, 4) is 17.2 Å². The van der Waals surface area contributed by atoms with Crippen molar-refractivity contribution in [2.24, 2.45) is 0 Å². The topological polar surface area (TPSA) is 55.4 Å². The Bertz CT molecular complexity index is 1720. The van der Waals surface area contributed by atoms with Crippen LogP contribution in [0.15, 0.2) is 0 Å². The van der Waals surface area contributed by atoms with Crippen molar-refractivity contribution in [2.75, 3.05) is 6.61 Å². The number of benzene rings is 3. The number of hydrogen-bond donors (Lipinski definition) is 0. The van der Waals surface area contributed by atoms with E-state index in [2.05, 4.69) is 4.74 Å². The molecule has 2 aliphatic heterocycles. The first-order chi connectivity index (χ1) is 22.3. The molecule has 0 bridgehead atoms. The van der Waals surface area contributed by atoms with Crippen molar-refractivity contribution in [2.45, 2.75) is 50.3 Å². The Morgan fingerprint density at radius 1 is 0.521 bits per heavy atom. The van der Waals surface area contributed by atoms with Crippen LogP contribution in [0.2, 0.25) is 0 Å². The Hall–Kier alpha value is -4.11. The van der Waals surface area contributed by atoms with Gasteiger partial charge in [0.15, 0.2) is 47.6 Å². The SMILES string of the molecule is CC1(C)O[C@H]2O[C@H]([C@@H](COc3c(F)c(F)c(F)c(F)c3F)Oc3c(F)c(F)c(F)c(F)c3F)[C@H](Oc3c(F)c(F)c(F)c(F)c3F)[C@H]2O1. The molecular formula is C27H13F15O6. The highest BCUT2D eigenvalue weighted by atomic mass is 19.2. The van der Waals surface area contributed by atoms with Gasteiger partial charge in [-0.15, -0.1) is 0 Å². The summed E-state index contributed by atoms with van der Waals surface area (Å²) in [5.41, 5.74) is 0. The van der Waals surface area contributed by atoms with Crippen LogP contribution in [0, 0.1) is 87.3 Å². The van der Waals surface area contributed by atoms with Crippen LogP contribution in [0.5, 0.6) is 17.2 Å². The van der Waals surface area contributed by atoms with Crippen molar-refractivity contribution in [1.29, 1.82) is 0 Å². The van der Waals surface area contributed by atoms with E-state index in [0.717, 1.165) is 0 Å². The molecule has 2 fully saturated rings. The molecular weight excluding hydrogens is 705 g/mol. The number of halogens is 15. The quantitative estimate of drug-likeness (QED) is 0.143. The molecule has 21 heteroatoms. The largest absolute Gasteiger partial charge is 0.483 e. The summed E-state index contributed by atoms with van der Waals surface area (Å²) in [4.78, 5) is 0. The minimum Gasteiger partial charge on any atom is -0.483 e. The first-order valence-corrected chi connectivity index (χ1v) is 12.8. The third kappa shape index (κ3) is 5.70. The number of rotatable bonds is 8. The van der Waals surface area contributed by atoms with Gasteiger partial charge in [-0.25, -0.2) is 39.5 Å². The smallest absolute Gasteiger partial charge is 0.207 e. The molecule has 0 amide bonds. The molecule has 3 aromatic rings. The monoisotopic (exact) mass is 718 g/mol. The lowest BCUT2D eigenvalue weighted by atomic mass is 10.0. The highest BCUT2D eigenvalue weighted by molar-refractivity contribution is 5.33. The molecule has 2 aliphatic rings. The summed E-state index contributed by atoms with van der Waals surface area (Å²) in [6.45, 7) is 0.658. The van der Waals surface area contributed by atoms with E-state index >= 15 is 0 Å². The van der Waals surface area contributed by atoms with Crippen LogP contribution in [0.25, 0.3) is 0 Å². The highest BCUT2D eigenvalue weighted by Crippen LogP contribution is 2.43. The maximum atomic E-state index is 14.6. The Morgan fingerprint density at radius 3 is 1.33 bits per heavy atom. The van der Waals surface area contributed by atoms with Crippen molar-refractivity contribution in [3.05, 3.63) is 87.3 Å². The third-order valence-electron chi connectivity index (χ3n) is 6.82. The van der Waals surface area contributed by atoms with Crippen molar-refractivity contribution >= 4 is 0 Å². The summed E-state index contributed by atoms with van der Waals surface area (Å²) in [5, 5.41) is 0. The minimum absolute atomic E-state index is 1.20. The number of hydrogen-bond acceptors (Lipinski definition) is 6. The molecule has 48 heavy (non-hydrogen) atoms. The van der Waals surface area contributed by atoms with Crippen LogP contribution in [0.3, 0.4) is 0 Å². The van der Waals surface area contributed by atoms with Gasteiger partial charge in [-0.05, 0) is 13.8 Å². The van der Waals surface area contributed by atoms with Gasteiger partial charge in [0, 0.05) is 0 Å². The Morgan fingerprint density at radius 2 is 0.896 bits per heavy atom. The van der Waals surface area contributed by atoms with Crippen molar-refractivity contribution < 1.29 is 94.3 Å². The van der Waals surface area contributed by atoms with Gasteiger partial charge in [0.2, 0.25) is 87.3 Å². The predicted molar refractivity (Wildman–Crippen MR) is 122 cm³/mol. The molecule has 0 aromatic heterocycles. The second-order valence-electron chi connectivity index (χ2n) is 10.3. The first-order valence-electron chi connectivity index (χ1n) is 12.8. The maximum Gasteiger partial charge on any atom is 0.207 e. The molecule has 0 saturated carbocycles. The second kappa shape index (κ2) is 12.4. The second-order valence-corrected chi connectivity index (χ2v) is 10.3. The molecule has 0 aliphatic carbocycles. The molecule has 6 nitrogen and oxygen atoms in total. The van der Waals surface area contributed by atoms with Gasteiger partial charge in [0.25, 0.3) is 0 Å². The van der Waals surface area contributed by atoms with Gasteiger partial charge in [-0.3, -0.25) is 0 Å². The normalized spacial score (nSPS) is 22.2. The maximum absolute atomic E-state index is 14.6. The van der Waals surface area contributed by atoms with Crippen LogP contribution >= 0.6 is 0 Å². The minimum atomic E-state index is -2.70. The zero-order valence-corrected chi connectivity index (χ0v) is 23.2. The van der Waals surface area contributed by atoms with E-state index in [9.17, 15) is 65.9 Å². The lowest BCUT2D eigenvalue weighted by Crippen LogP contribution is -2.49. The van der Waals surface area contributed by atoms with E-state index in [1.165, 1.54) is 13.8 Å². The summed E-state index contributed by atoms with van der Waals surface area (Å²) >= 11 is 0. The Balaban J connectivity index is 1.63. The van der Waals surface area contributed by atoms with Crippen LogP contribution in [0.4, 0.5) is 65.9 Å². The lowest BCUT2D eigenvalue weighted by molar-refractivity contribution is -0.223. The molecule has 0 N–H and O–H groups in total. The molecule has 0 spiro atoms. The van der Waals surface area contributed by atoms with E-state index in [1.807, 2.05) is 0 Å². The average molecular weight is 718 g/mol. The standard InChI is InChI=1S/C27H13F15O6/c1-27(2)47-25-24(45-23-18(41)12(35)7(30)13(36)19(23)42)20(46-26(25)48-27)4(44-22-16(39)10(33)6(29)11(34)17(22)40)3-43-21-14(37)8(31)5(28)9(32)15(21)38/h4,20,24-26H,3H2,1-2H3/t4-,20-,24+,25-,26-/m1/s1. The average Bonchev–Trinajstić information content (AvgIpc) is 3.53. The fourth-order valence-electron chi connectivity index (χ4n) is 4.67. The van der Waals surface area contributed by atoms with Gasteiger partial charge in [-0.1, -0.05) is 0 Å². The van der Waals surface area contributed by atoms with E-state index < -0.39 is 148 Å². The van der Waals surface area contributed by atoms with Crippen LogP contribution < -0.4 is 14.2 Å². The van der Waals surface area contributed by atoms with E-state index in [4.69, 9.17) is 23.7 Å². The fraction of sp³-hybridized carbons (Fsp3) is 0.333. The van der Waals surface area contributed by atoms with E-state index in [1.54, 1.807) is 0 Å². The zero-order chi connectivity index (χ0) is 35.7. The fourth-order valence-corrected chi connectivity index (χ4v) is 4.67. The third-order valence-corrected chi connectivity index (χ3v) is 6.82. The van der Waals surface area contributed by atoms with E-state index in [-0.39, 0.29) is 0 Å². The van der Waals surface area contributed by atoms with Crippen molar-refractivity contribution in [3.63, 3.8) is 0 Å². The van der Waals surface area contributed by atoms with Crippen molar-refractivity contribution in [1.82, 2.24) is 0 Å². The van der Waals surface area contributed by atoms with Crippen LogP contribution in [0.1, 0.15) is 13.8 Å². The number of fused-ring (bicyclic) bond motifs is 1. The summed E-state index contributed by atoms with van der Waals surface area (Å²) in [6, 6.07) is 0. The Labute approximate surface area is 256 Å². The highest BCUT2D eigenvalue weighted by Gasteiger charge is 2.59. The van der Waals surface area contributed by atoms with E-state index in [0.29, 0.717) is 0 Å². The van der Waals surface area contributed by atoms with Gasteiger partial charge in [0.05, 0.1) is 0 Å². The lowest BCUT2D eigenvalue weighted by Gasteiger charge is -2.31. The zero-order valence-electron chi connectivity index (χ0n) is 23.2. The first kappa shape index (κ1) is 35.2. The Kier molecular flexibility index (Phi) is 9.10. The molecule has 262 valence electrons. The van der Waals surface area contributed by atoms with Gasteiger partial charge in [-0.2, -0.15) is 26.3 Å². The number of ether oxygens (including phenoxy) is 6. The molecule has 0 unspecified atom stereocenters. The molecule has 5 atom stereocenters. The van der Waals surface area contributed by atoms with Gasteiger partial charge in [0.1, 0.15) is 12.7 Å². The predicted octanol–water partition coefficient (Wildman–Crippen LogP) is 6.92. The molecule has 5 rings (SSSR count). The van der Waals surface area contributed by atoms with Gasteiger partial charge >= 0.3 is 0 Å². The summed E-state index contributed by atoms with van der Waals surface area (Å²) in [7, 11) is 0. The summed E-state index contributed by atoms with van der Waals surface area (Å²) in [6.07, 6.45) is -11.1. The molecule has 3 aromatic carbocycles.